The summed E-state index contributed by atoms with van der Waals surface area (Å²) >= 11 is 0. The zero-order valence-electron chi connectivity index (χ0n) is 17.0. The standard InChI is InChI=1S/C24H20N4O3/c1-28-13-19(17-11-16(31-2)6-7-22(17)28)21-12-18-20(8-9-25-23(18)27-21)26-15-5-3-4-14(10-15)24(29)30/h3-13H,1-2H3,(H,29,30)(H2,25,26,27). The largest absolute Gasteiger partial charge is 0.497 e. The maximum absolute atomic E-state index is 11.3. The van der Waals surface area contributed by atoms with E-state index in [0.29, 0.717) is 5.69 Å². The molecular weight excluding hydrogens is 392 g/mol. The van der Waals surface area contributed by atoms with Gasteiger partial charge in [-0.05, 0) is 48.5 Å². The van der Waals surface area contributed by atoms with Crippen LogP contribution in [0.2, 0.25) is 0 Å². The molecule has 0 spiro atoms. The summed E-state index contributed by atoms with van der Waals surface area (Å²) in [5.41, 5.74) is 5.61. The number of nitrogens with one attached hydrogen (secondary N) is 2. The molecule has 3 heterocycles. The average Bonchev–Trinajstić information content (AvgIpc) is 3.35. The molecule has 5 aromatic rings. The number of anilines is 2. The van der Waals surface area contributed by atoms with Crippen LogP contribution in [0.25, 0.3) is 33.2 Å². The van der Waals surface area contributed by atoms with Gasteiger partial charge in [0.05, 0.1) is 18.4 Å². The van der Waals surface area contributed by atoms with Gasteiger partial charge in [0, 0.05) is 52.7 Å². The Labute approximate surface area is 177 Å². The Morgan fingerprint density at radius 1 is 1.13 bits per heavy atom. The van der Waals surface area contributed by atoms with E-state index in [1.807, 2.05) is 37.4 Å². The molecule has 0 aliphatic carbocycles. The van der Waals surface area contributed by atoms with Crippen LogP contribution in [0.1, 0.15) is 10.4 Å². The molecule has 3 N–H and O–H groups in total. The molecule has 0 atom stereocenters. The van der Waals surface area contributed by atoms with Gasteiger partial charge in [-0.1, -0.05) is 6.07 Å². The predicted octanol–water partition coefficient (Wildman–Crippen LogP) is 5.17. The molecular formula is C24H20N4O3. The molecule has 0 aliphatic rings. The molecule has 0 bridgehead atoms. The van der Waals surface area contributed by atoms with Crippen molar-refractivity contribution in [2.75, 3.05) is 12.4 Å². The summed E-state index contributed by atoms with van der Waals surface area (Å²) in [6, 6.07) is 16.7. The Kier molecular flexibility index (Phi) is 4.36. The van der Waals surface area contributed by atoms with Crippen molar-refractivity contribution in [1.82, 2.24) is 14.5 Å². The van der Waals surface area contributed by atoms with Crippen molar-refractivity contribution in [3.8, 4) is 17.0 Å². The Morgan fingerprint density at radius 2 is 2.00 bits per heavy atom. The molecule has 7 nitrogen and oxygen atoms in total. The van der Waals surface area contributed by atoms with E-state index in [2.05, 4.69) is 32.1 Å². The summed E-state index contributed by atoms with van der Waals surface area (Å²) in [6.45, 7) is 0. The number of methoxy groups -OCH3 is 1. The number of aromatic nitrogens is 3. The van der Waals surface area contributed by atoms with Crippen LogP contribution in [0.15, 0.2) is 67.0 Å². The summed E-state index contributed by atoms with van der Waals surface area (Å²) < 4.78 is 7.49. The van der Waals surface area contributed by atoms with Crippen LogP contribution in [-0.4, -0.2) is 32.7 Å². The van der Waals surface area contributed by atoms with Crippen LogP contribution in [-0.2, 0) is 7.05 Å². The summed E-state index contributed by atoms with van der Waals surface area (Å²) in [4.78, 5) is 19.2. The Balaban J connectivity index is 1.60. The van der Waals surface area contributed by atoms with Crippen molar-refractivity contribution in [1.29, 1.82) is 0 Å². The van der Waals surface area contributed by atoms with Crippen molar-refractivity contribution >= 4 is 39.3 Å². The monoisotopic (exact) mass is 412 g/mol. The van der Waals surface area contributed by atoms with Gasteiger partial charge in [-0.15, -0.1) is 0 Å². The van der Waals surface area contributed by atoms with E-state index in [0.717, 1.165) is 44.6 Å². The normalized spacial score (nSPS) is 11.2. The highest BCUT2D eigenvalue weighted by Crippen LogP contribution is 2.35. The van der Waals surface area contributed by atoms with E-state index in [4.69, 9.17) is 4.74 Å². The van der Waals surface area contributed by atoms with Crippen molar-refractivity contribution in [3.63, 3.8) is 0 Å². The number of H-pyrrole nitrogens is 1. The van der Waals surface area contributed by atoms with E-state index < -0.39 is 5.97 Å². The van der Waals surface area contributed by atoms with Crippen molar-refractivity contribution < 1.29 is 14.6 Å². The van der Waals surface area contributed by atoms with Gasteiger partial charge >= 0.3 is 5.97 Å². The van der Waals surface area contributed by atoms with Crippen LogP contribution >= 0.6 is 0 Å². The van der Waals surface area contributed by atoms with Gasteiger partial charge in [-0.25, -0.2) is 9.78 Å². The Bertz CT molecular complexity index is 1450. The number of rotatable bonds is 5. The number of nitrogens with zero attached hydrogens (tertiary/aromatic N) is 2. The van der Waals surface area contributed by atoms with Gasteiger partial charge in [0.25, 0.3) is 0 Å². The lowest BCUT2D eigenvalue weighted by molar-refractivity contribution is 0.0697. The quantitative estimate of drug-likeness (QED) is 0.370. The van der Waals surface area contributed by atoms with Crippen LogP contribution < -0.4 is 10.1 Å². The maximum Gasteiger partial charge on any atom is 0.335 e. The second kappa shape index (κ2) is 7.21. The number of benzene rings is 2. The van der Waals surface area contributed by atoms with Gasteiger partial charge in [0.2, 0.25) is 0 Å². The number of hydrogen-bond acceptors (Lipinski definition) is 4. The maximum atomic E-state index is 11.3. The minimum Gasteiger partial charge on any atom is -0.497 e. The lowest BCUT2D eigenvalue weighted by Gasteiger charge is -2.08. The number of aromatic carboxylic acids is 1. The molecule has 3 aromatic heterocycles. The number of hydrogen-bond donors (Lipinski definition) is 3. The third kappa shape index (κ3) is 3.26. The molecule has 0 aliphatic heterocycles. The zero-order valence-corrected chi connectivity index (χ0v) is 17.0. The number of carboxylic acids is 1. The summed E-state index contributed by atoms with van der Waals surface area (Å²) in [5, 5.41) is 14.6. The first-order chi connectivity index (χ1) is 15.0. The first kappa shape index (κ1) is 18.7. The van der Waals surface area contributed by atoms with Crippen LogP contribution in [0.5, 0.6) is 5.75 Å². The minimum atomic E-state index is -0.959. The Hall–Kier alpha value is -4.26. The van der Waals surface area contributed by atoms with Gasteiger partial charge in [-0.3, -0.25) is 0 Å². The molecule has 0 fully saturated rings. The molecule has 0 unspecified atom stereocenters. The number of pyridine rings is 1. The average molecular weight is 412 g/mol. The van der Waals surface area contributed by atoms with Gasteiger partial charge in [0.1, 0.15) is 11.4 Å². The van der Waals surface area contributed by atoms with E-state index >= 15 is 0 Å². The summed E-state index contributed by atoms with van der Waals surface area (Å²) in [5.74, 6) is -0.159. The highest BCUT2D eigenvalue weighted by atomic mass is 16.5. The van der Waals surface area contributed by atoms with Crippen LogP contribution in [0.4, 0.5) is 11.4 Å². The molecule has 0 saturated heterocycles. The van der Waals surface area contributed by atoms with Gasteiger partial charge in [0.15, 0.2) is 0 Å². The van der Waals surface area contributed by atoms with E-state index in [-0.39, 0.29) is 5.56 Å². The second-order valence-electron chi connectivity index (χ2n) is 7.35. The molecule has 0 saturated carbocycles. The van der Waals surface area contributed by atoms with Crippen molar-refractivity contribution in [2.45, 2.75) is 0 Å². The Morgan fingerprint density at radius 3 is 2.81 bits per heavy atom. The predicted molar refractivity (Wildman–Crippen MR) is 121 cm³/mol. The minimum absolute atomic E-state index is 0.231. The fourth-order valence-corrected chi connectivity index (χ4v) is 3.88. The molecule has 154 valence electrons. The number of fused-ring (bicyclic) bond motifs is 2. The lowest BCUT2D eigenvalue weighted by atomic mass is 10.1. The van der Waals surface area contributed by atoms with Crippen molar-refractivity contribution in [3.05, 3.63) is 72.6 Å². The topological polar surface area (TPSA) is 92.2 Å². The first-order valence-corrected chi connectivity index (χ1v) is 9.75. The van der Waals surface area contributed by atoms with E-state index in [1.54, 1.807) is 31.5 Å². The molecule has 7 heteroatoms. The van der Waals surface area contributed by atoms with E-state index in [1.165, 1.54) is 0 Å². The van der Waals surface area contributed by atoms with E-state index in [9.17, 15) is 9.90 Å². The molecule has 0 amide bonds. The smallest absolute Gasteiger partial charge is 0.335 e. The molecule has 5 rings (SSSR count). The lowest BCUT2D eigenvalue weighted by Crippen LogP contribution is -1.98. The number of aromatic amines is 1. The SMILES string of the molecule is COc1ccc2c(c1)c(-c1cc3c(Nc4cccc(C(=O)O)c4)ccnc3[nH]1)cn2C. The number of carboxylic acid groups (broad SMARTS) is 1. The first-order valence-electron chi connectivity index (χ1n) is 9.75. The number of aryl methyl sites for hydroxylation is 1. The summed E-state index contributed by atoms with van der Waals surface area (Å²) in [7, 11) is 3.68. The highest BCUT2D eigenvalue weighted by molar-refractivity contribution is 6.01. The fourth-order valence-electron chi connectivity index (χ4n) is 3.88. The number of ether oxygens (including phenoxy) is 1. The third-order valence-electron chi connectivity index (χ3n) is 5.41. The van der Waals surface area contributed by atoms with Crippen LogP contribution in [0.3, 0.4) is 0 Å². The van der Waals surface area contributed by atoms with Gasteiger partial charge in [-0.2, -0.15) is 0 Å². The number of carbonyl (C=O) groups is 1. The zero-order chi connectivity index (χ0) is 21.5. The summed E-state index contributed by atoms with van der Waals surface area (Å²) in [6.07, 6.45) is 3.80. The van der Waals surface area contributed by atoms with Gasteiger partial charge < -0.3 is 24.7 Å². The highest BCUT2D eigenvalue weighted by Gasteiger charge is 2.14. The van der Waals surface area contributed by atoms with Crippen LogP contribution in [0, 0.1) is 0 Å². The molecule has 2 aromatic carbocycles. The van der Waals surface area contributed by atoms with Crippen molar-refractivity contribution in [2.24, 2.45) is 7.05 Å². The second-order valence-corrected chi connectivity index (χ2v) is 7.35. The third-order valence-corrected chi connectivity index (χ3v) is 5.41. The molecule has 31 heavy (non-hydrogen) atoms. The molecule has 0 radical (unpaired) electrons. The fraction of sp³-hybridized carbons (Fsp3) is 0.0833.